The van der Waals surface area contributed by atoms with Crippen molar-refractivity contribution in [3.05, 3.63) is 22.2 Å². The van der Waals surface area contributed by atoms with E-state index in [1.54, 1.807) is 6.92 Å². The van der Waals surface area contributed by atoms with E-state index in [-0.39, 0.29) is 12.0 Å². The Labute approximate surface area is 204 Å². The van der Waals surface area contributed by atoms with Crippen LogP contribution in [0, 0.1) is 6.92 Å². The number of aryl methyl sites for hydroxylation is 1. The van der Waals surface area contributed by atoms with Crippen molar-refractivity contribution in [1.29, 1.82) is 0 Å². The van der Waals surface area contributed by atoms with Gasteiger partial charge >= 0.3 is 41.5 Å². The maximum absolute atomic E-state index is 13.9. The molecule has 2 heterocycles. The van der Waals surface area contributed by atoms with Gasteiger partial charge in [0.25, 0.3) is 0 Å². The summed E-state index contributed by atoms with van der Waals surface area (Å²) < 4.78 is 182. The number of ether oxygens (including phenoxy) is 2. The molecular weight excluding hydrogens is 567 g/mol. The number of hydrogen-bond acceptors (Lipinski definition) is 5. The summed E-state index contributed by atoms with van der Waals surface area (Å²) in [7, 11) is 0. The molecule has 1 aromatic rings. The summed E-state index contributed by atoms with van der Waals surface area (Å²) in [5.41, 5.74) is -1.29. The summed E-state index contributed by atoms with van der Waals surface area (Å²) in [6.07, 6.45) is -11.3. The Hall–Kier alpha value is -2.31. The van der Waals surface area contributed by atoms with Crippen molar-refractivity contribution in [3.8, 4) is 5.88 Å². The van der Waals surface area contributed by atoms with Gasteiger partial charge in [-0.05, 0) is 13.3 Å². The number of alkyl halides is 13. The standard InChI is InChI=1S/C19H19F13N2O4/c1-3-10-9(35)6-11(38-10)34-7-8(2)12(33-13(34)36)37-5-4-14(20,21)15(22,23)16(24,25)17(26,27)18(28,29)19(30,31)32/h7,9-11,35H,3-6H2,1-2H3. The molecule has 0 radical (unpaired) electrons. The molecule has 220 valence electrons. The zero-order valence-electron chi connectivity index (χ0n) is 19.1. The van der Waals surface area contributed by atoms with Gasteiger partial charge in [0.15, 0.2) is 0 Å². The Morgan fingerprint density at radius 3 is 1.97 bits per heavy atom. The summed E-state index contributed by atoms with van der Waals surface area (Å²) in [5.74, 6) is -38.2. The first-order chi connectivity index (χ1) is 17.0. The summed E-state index contributed by atoms with van der Waals surface area (Å²) in [6, 6.07) is 0. The van der Waals surface area contributed by atoms with E-state index >= 15 is 0 Å². The Bertz CT molecular complexity index is 1060. The van der Waals surface area contributed by atoms with Crippen molar-refractivity contribution in [2.45, 2.75) is 87.3 Å². The van der Waals surface area contributed by atoms with Crippen LogP contribution in [-0.4, -0.2) is 69.3 Å². The number of nitrogens with zero attached hydrogens (tertiary/aromatic N) is 2. The van der Waals surface area contributed by atoms with Gasteiger partial charge < -0.3 is 14.6 Å². The van der Waals surface area contributed by atoms with Crippen molar-refractivity contribution in [1.82, 2.24) is 9.55 Å². The molecule has 3 unspecified atom stereocenters. The Balaban J connectivity index is 2.21. The van der Waals surface area contributed by atoms with Crippen LogP contribution < -0.4 is 10.4 Å². The Morgan fingerprint density at radius 1 is 0.974 bits per heavy atom. The molecule has 1 fully saturated rings. The second kappa shape index (κ2) is 10.0. The van der Waals surface area contributed by atoms with Gasteiger partial charge in [-0.25, -0.2) is 4.79 Å². The average molecular weight is 586 g/mol. The van der Waals surface area contributed by atoms with Crippen LogP contribution in [0.2, 0.25) is 0 Å². The topological polar surface area (TPSA) is 73.6 Å². The average Bonchev–Trinajstić information content (AvgIpc) is 3.14. The van der Waals surface area contributed by atoms with Crippen molar-refractivity contribution in [3.63, 3.8) is 0 Å². The van der Waals surface area contributed by atoms with Crippen molar-refractivity contribution in [2.75, 3.05) is 6.61 Å². The minimum absolute atomic E-state index is 0.0483. The van der Waals surface area contributed by atoms with Gasteiger partial charge in [-0.2, -0.15) is 62.1 Å². The first-order valence-electron chi connectivity index (χ1n) is 10.5. The van der Waals surface area contributed by atoms with Crippen molar-refractivity contribution >= 4 is 0 Å². The number of hydrogen-bond donors (Lipinski definition) is 1. The molecule has 0 amide bonds. The molecule has 1 aliphatic rings. The number of rotatable bonds is 10. The predicted molar refractivity (Wildman–Crippen MR) is 99.0 cm³/mol. The molecule has 19 heteroatoms. The minimum Gasteiger partial charge on any atom is -0.477 e. The molecule has 0 saturated carbocycles. The zero-order valence-corrected chi connectivity index (χ0v) is 19.1. The van der Waals surface area contributed by atoms with Crippen LogP contribution in [0.25, 0.3) is 0 Å². The lowest BCUT2D eigenvalue weighted by Crippen LogP contribution is -2.70. The number of aliphatic hydroxyl groups is 1. The molecule has 0 bridgehead atoms. The van der Waals surface area contributed by atoms with Crippen molar-refractivity contribution in [2.24, 2.45) is 0 Å². The fourth-order valence-corrected chi connectivity index (χ4v) is 3.39. The predicted octanol–water partition coefficient (Wildman–Crippen LogP) is 5.12. The van der Waals surface area contributed by atoms with Gasteiger partial charge in [-0.1, -0.05) is 6.92 Å². The Morgan fingerprint density at radius 2 is 1.50 bits per heavy atom. The van der Waals surface area contributed by atoms with Crippen molar-refractivity contribution < 1.29 is 71.7 Å². The SMILES string of the molecule is CCC1OC(n2cc(C)c(OCCC(F)(F)C(F)(F)C(F)(F)C(F)(F)C(F)(F)C(F)(F)F)nc2=O)CC1O. The van der Waals surface area contributed by atoms with Crippen LogP contribution in [-0.2, 0) is 4.74 Å². The van der Waals surface area contributed by atoms with Crippen LogP contribution in [0.1, 0.15) is 38.0 Å². The lowest BCUT2D eigenvalue weighted by atomic mass is 9.93. The Kier molecular flexibility index (Phi) is 8.41. The lowest BCUT2D eigenvalue weighted by Gasteiger charge is -2.39. The first kappa shape index (κ1) is 31.9. The number of aromatic nitrogens is 2. The maximum atomic E-state index is 13.9. The third-order valence-electron chi connectivity index (χ3n) is 5.66. The molecule has 0 aromatic carbocycles. The maximum Gasteiger partial charge on any atom is 0.460 e. The van der Waals surface area contributed by atoms with Crippen LogP contribution in [0.3, 0.4) is 0 Å². The first-order valence-corrected chi connectivity index (χ1v) is 10.5. The third-order valence-corrected chi connectivity index (χ3v) is 5.66. The van der Waals surface area contributed by atoms with Crippen LogP contribution in [0.5, 0.6) is 5.88 Å². The molecule has 1 N–H and O–H groups in total. The number of aliphatic hydroxyl groups excluding tert-OH is 1. The zero-order chi connectivity index (χ0) is 29.7. The van der Waals surface area contributed by atoms with Gasteiger partial charge in [-0.3, -0.25) is 4.57 Å². The summed E-state index contributed by atoms with van der Waals surface area (Å²) in [4.78, 5) is 15.5. The van der Waals surface area contributed by atoms with Gasteiger partial charge in [-0.15, -0.1) is 0 Å². The lowest BCUT2D eigenvalue weighted by molar-refractivity contribution is -0.440. The van der Waals surface area contributed by atoms with Gasteiger partial charge in [0.2, 0.25) is 5.88 Å². The minimum atomic E-state index is -7.98. The molecule has 38 heavy (non-hydrogen) atoms. The van der Waals surface area contributed by atoms with E-state index < -0.39 is 78.8 Å². The molecule has 2 rings (SSSR count). The molecule has 1 aliphatic heterocycles. The monoisotopic (exact) mass is 586 g/mol. The van der Waals surface area contributed by atoms with E-state index in [0.29, 0.717) is 6.42 Å². The molecule has 1 saturated heterocycles. The highest BCUT2D eigenvalue weighted by atomic mass is 19.4. The molecule has 0 aliphatic carbocycles. The summed E-state index contributed by atoms with van der Waals surface area (Å²) in [6.45, 7) is 1.09. The van der Waals surface area contributed by atoms with Crippen LogP contribution in [0.4, 0.5) is 57.1 Å². The van der Waals surface area contributed by atoms with Gasteiger partial charge in [0.1, 0.15) is 6.23 Å². The van der Waals surface area contributed by atoms with E-state index in [4.69, 9.17) is 4.74 Å². The molecule has 6 nitrogen and oxygen atoms in total. The summed E-state index contributed by atoms with van der Waals surface area (Å²) in [5, 5.41) is 9.87. The molecule has 1 aromatic heterocycles. The molecule has 0 spiro atoms. The fourth-order valence-electron chi connectivity index (χ4n) is 3.39. The van der Waals surface area contributed by atoms with Gasteiger partial charge in [0.05, 0.1) is 25.2 Å². The fraction of sp³-hybridized carbons (Fsp3) is 0.789. The van der Waals surface area contributed by atoms with Crippen LogP contribution >= 0.6 is 0 Å². The highest BCUT2D eigenvalue weighted by molar-refractivity contribution is 5.21. The van der Waals surface area contributed by atoms with Crippen LogP contribution in [0.15, 0.2) is 11.0 Å². The summed E-state index contributed by atoms with van der Waals surface area (Å²) >= 11 is 0. The molecular formula is C19H19F13N2O4. The third kappa shape index (κ3) is 5.14. The number of halogens is 13. The van der Waals surface area contributed by atoms with E-state index in [1.165, 1.54) is 0 Å². The van der Waals surface area contributed by atoms with E-state index in [1.807, 2.05) is 0 Å². The van der Waals surface area contributed by atoms with Gasteiger partial charge in [0, 0.05) is 18.2 Å². The smallest absolute Gasteiger partial charge is 0.460 e. The second-order valence-electron chi connectivity index (χ2n) is 8.36. The van der Waals surface area contributed by atoms with E-state index in [2.05, 4.69) is 9.72 Å². The normalized spacial score (nSPS) is 22.2. The van der Waals surface area contributed by atoms with E-state index in [0.717, 1.165) is 17.7 Å². The quantitative estimate of drug-likeness (QED) is 0.386. The highest BCUT2D eigenvalue weighted by Crippen LogP contribution is 2.60. The highest BCUT2D eigenvalue weighted by Gasteiger charge is 2.90. The second-order valence-corrected chi connectivity index (χ2v) is 8.36. The largest absolute Gasteiger partial charge is 0.477 e. The molecule has 3 atom stereocenters. The van der Waals surface area contributed by atoms with E-state index in [9.17, 15) is 67.0 Å².